The van der Waals surface area contributed by atoms with E-state index < -0.39 is 5.82 Å². The van der Waals surface area contributed by atoms with Crippen LogP contribution in [0.4, 0.5) is 21.5 Å². The van der Waals surface area contributed by atoms with E-state index in [-0.39, 0.29) is 28.8 Å². The Hall–Kier alpha value is -3.00. The number of amides is 1. The normalized spacial score (nSPS) is 14.8. The lowest BCUT2D eigenvalue weighted by Crippen LogP contribution is -2.49. The molecule has 7 nitrogen and oxygen atoms in total. The van der Waals surface area contributed by atoms with Crippen molar-refractivity contribution >= 4 is 23.0 Å². The van der Waals surface area contributed by atoms with Gasteiger partial charge in [-0.25, -0.2) is 4.39 Å². The first kappa shape index (κ1) is 18.8. The summed E-state index contributed by atoms with van der Waals surface area (Å²) in [5, 5.41) is 13.9. The van der Waals surface area contributed by atoms with Crippen molar-refractivity contribution < 1.29 is 14.1 Å². The number of aryl methyl sites for hydroxylation is 1. The van der Waals surface area contributed by atoms with E-state index in [0.29, 0.717) is 31.9 Å². The third kappa shape index (κ3) is 4.40. The minimum Gasteiger partial charge on any atom is -0.363 e. The molecule has 27 heavy (non-hydrogen) atoms. The number of hydrogen-bond acceptors (Lipinski definition) is 5. The number of carbonyl (C=O) groups is 1. The Morgan fingerprint density at radius 3 is 2.52 bits per heavy atom. The number of rotatable bonds is 5. The molecule has 1 aliphatic rings. The molecule has 2 aromatic rings. The number of para-hydroxylation sites is 2. The van der Waals surface area contributed by atoms with Crippen LogP contribution in [-0.2, 0) is 4.79 Å². The van der Waals surface area contributed by atoms with Gasteiger partial charge in [-0.1, -0.05) is 24.3 Å². The molecule has 3 rings (SSSR count). The van der Waals surface area contributed by atoms with Crippen LogP contribution in [0.2, 0.25) is 0 Å². The van der Waals surface area contributed by atoms with Gasteiger partial charge >= 0.3 is 0 Å². The first-order chi connectivity index (χ1) is 13.0. The van der Waals surface area contributed by atoms with Crippen LogP contribution in [0.5, 0.6) is 0 Å². The number of hydrogen-bond donors (Lipinski definition) is 1. The molecule has 1 fully saturated rings. The minimum absolute atomic E-state index is 0.0979. The maximum atomic E-state index is 13.6. The van der Waals surface area contributed by atoms with Crippen molar-refractivity contribution in [3.63, 3.8) is 0 Å². The van der Waals surface area contributed by atoms with Crippen LogP contribution in [0.1, 0.15) is 5.56 Å². The van der Waals surface area contributed by atoms with Gasteiger partial charge in [0.25, 0.3) is 5.69 Å². The second-order valence-corrected chi connectivity index (χ2v) is 6.49. The van der Waals surface area contributed by atoms with Crippen LogP contribution >= 0.6 is 0 Å². The molecule has 0 radical (unpaired) electrons. The molecule has 0 saturated carbocycles. The second kappa shape index (κ2) is 8.13. The number of nitro benzene ring substituents is 1. The van der Waals surface area contributed by atoms with Crippen molar-refractivity contribution in [2.75, 3.05) is 42.9 Å². The van der Waals surface area contributed by atoms with Gasteiger partial charge in [-0.15, -0.1) is 0 Å². The summed E-state index contributed by atoms with van der Waals surface area (Å²) in [5.41, 5.74) is 1.75. The molecule has 0 aromatic heterocycles. The summed E-state index contributed by atoms with van der Waals surface area (Å²) in [7, 11) is 0. The zero-order chi connectivity index (χ0) is 19.4. The lowest BCUT2D eigenvalue weighted by Gasteiger charge is -2.36. The average molecular weight is 372 g/mol. The van der Waals surface area contributed by atoms with Crippen molar-refractivity contribution in [2.45, 2.75) is 6.92 Å². The quantitative estimate of drug-likeness (QED) is 0.645. The van der Waals surface area contributed by atoms with E-state index >= 15 is 0 Å². The number of carbonyl (C=O) groups excluding carboxylic acids is 1. The fourth-order valence-electron chi connectivity index (χ4n) is 3.29. The van der Waals surface area contributed by atoms with Gasteiger partial charge in [0.2, 0.25) is 5.91 Å². The fraction of sp³-hybridized carbons (Fsp3) is 0.316. The molecule has 1 N–H and O–H groups in total. The van der Waals surface area contributed by atoms with Crippen molar-refractivity contribution in [3.8, 4) is 0 Å². The lowest BCUT2D eigenvalue weighted by molar-refractivity contribution is -0.384. The molecule has 0 bridgehead atoms. The highest BCUT2D eigenvalue weighted by molar-refractivity contribution is 5.92. The number of nitrogens with one attached hydrogen (secondary N) is 1. The molecule has 2 aromatic carbocycles. The van der Waals surface area contributed by atoms with Gasteiger partial charge in [0.1, 0.15) is 11.5 Å². The number of nitrogens with zero attached hydrogens (tertiary/aromatic N) is 3. The Balaban J connectivity index is 1.59. The number of nitro groups is 1. The monoisotopic (exact) mass is 372 g/mol. The predicted molar refractivity (Wildman–Crippen MR) is 102 cm³/mol. The van der Waals surface area contributed by atoms with E-state index in [0.717, 1.165) is 5.56 Å². The van der Waals surface area contributed by atoms with Crippen molar-refractivity contribution in [3.05, 3.63) is 64.0 Å². The Morgan fingerprint density at radius 2 is 1.85 bits per heavy atom. The van der Waals surface area contributed by atoms with Gasteiger partial charge in [-0.2, -0.15) is 0 Å². The fourth-order valence-corrected chi connectivity index (χ4v) is 3.29. The van der Waals surface area contributed by atoms with Gasteiger partial charge in [0.15, 0.2) is 0 Å². The van der Waals surface area contributed by atoms with Crippen molar-refractivity contribution in [1.29, 1.82) is 0 Å². The second-order valence-electron chi connectivity index (χ2n) is 6.49. The zero-order valence-corrected chi connectivity index (χ0v) is 15.0. The summed E-state index contributed by atoms with van der Waals surface area (Å²) in [6.45, 7) is 4.36. The molecule has 0 aliphatic carbocycles. The minimum atomic E-state index is -0.470. The predicted octanol–water partition coefficient (Wildman–Crippen LogP) is 2.80. The summed E-state index contributed by atoms with van der Waals surface area (Å²) in [6, 6.07) is 11.1. The van der Waals surface area contributed by atoms with E-state index in [1.807, 2.05) is 22.8 Å². The molecule has 1 heterocycles. The number of halogens is 1. The highest BCUT2D eigenvalue weighted by Gasteiger charge is 2.26. The lowest BCUT2D eigenvalue weighted by atomic mass is 10.1. The highest BCUT2D eigenvalue weighted by Crippen LogP contribution is 2.32. The Kier molecular flexibility index (Phi) is 5.66. The van der Waals surface area contributed by atoms with Gasteiger partial charge in [-0.3, -0.25) is 19.8 Å². The smallest absolute Gasteiger partial charge is 0.292 e. The van der Waals surface area contributed by atoms with Gasteiger partial charge in [0.05, 0.1) is 17.2 Å². The third-order valence-electron chi connectivity index (χ3n) is 4.62. The summed E-state index contributed by atoms with van der Waals surface area (Å²) in [6.07, 6.45) is 0. The number of anilines is 2. The van der Waals surface area contributed by atoms with Gasteiger partial charge in [0, 0.05) is 32.2 Å². The largest absolute Gasteiger partial charge is 0.363 e. The third-order valence-corrected chi connectivity index (χ3v) is 4.62. The SMILES string of the molecule is Cc1cccc([N+](=O)[O-])c1N1CCN(CC(=O)Nc2ccccc2F)CC1. The molecular formula is C19H21FN4O3. The Morgan fingerprint density at radius 1 is 1.15 bits per heavy atom. The number of piperazine rings is 1. The topological polar surface area (TPSA) is 78.7 Å². The molecule has 1 aliphatic heterocycles. The first-order valence-electron chi connectivity index (χ1n) is 8.71. The maximum Gasteiger partial charge on any atom is 0.292 e. The van der Waals surface area contributed by atoms with Crippen LogP contribution in [0.3, 0.4) is 0 Å². The molecule has 142 valence electrons. The maximum absolute atomic E-state index is 13.6. The van der Waals surface area contributed by atoms with Crippen LogP contribution < -0.4 is 10.2 Å². The summed E-state index contributed by atoms with van der Waals surface area (Å²) < 4.78 is 13.6. The Labute approximate surface area is 156 Å². The number of benzene rings is 2. The van der Waals surface area contributed by atoms with E-state index in [1.165, 1.54) is 18.2 Å². The molecule has 1 amide bonds. The molecule has 0 spiro atoms. The van der Waals surface area contributed by atoms with Crippen molar-refractivity contribution in [2.24, 2.45) is 0 Å². The molecule has 0 unspecified atom stereocenters. The molecule has 1 saturated heterocycles. The van der Waals surface area contributed by atoms with Gasteiger partial charge in [-0.05, 0) is 24.6 Å². The first-order valence-corrected chi connectivity index (χ1v) is 8.71. The van der Waals surface area contributed by atoms with Crippen LogP contribution in [0.15, 0.2) is 42.5 Å². The summed E-state index contributed by atoms with van der Waals surface area (Å²) >= 11 is 0. The van der Waals surface area contributed by atoms with Crippen LogP contribution in [-0.4, -0.2) is 48.5 Å². The molecule has 0 atom stereocenters. The Bertz CT molecular complexity index is 851. The summed E-state index contributed by atoms with van der Waals surface area (Å²) in [5.74, 6) is -0.752. The van der Waals surface area contributed by atoms with Crippen molar-refractivity contribution in [1.82, 2.24) is 4.90 Å². The van der Waals surface area contributed by atoms with Gasteiger partial charge < -0.3 is 10.2 Å². The van der Waals surface area contributed by atoms with E-state index in [2.05, 4.69) is 5.32 Å². The molecule has 8 heteroatoms. The zero-order valence-electron chi connectivity index (χ0n) is 15.0. The molecular weight excluding hydrogens is 351 g/mol. The van der Waals surface area contributed by atoms with E-state index in [4.69, 9.17) is 0 Å². The van der Waals surface area contributed by atoms with Crippen LogP contribution in [0.25, 0.3) is 0 Å². The van der Waals surface area contributed by atoms with E-state index in [9.17, 15) is 19.3 Å². The standard InChI is InChI=1S/C19H21FN4O3/c1-14-5-4-8-17(24(26)27)19(14)23-11-9-22(10-12-23)13-18(25)21-16-7-3-2-6-15(16)20/h2-8H,9-13H2,1H3,(H,21,25). The average Bonchev–Trinajstić information content (AvgIpc) is 2.64. The summed E-state index contributed by atoms with van der Waals surface area (Å²) in [4.78, 5) is 27.0. The van der Waals surface area contributed by atoms with E-state index in [1.54, 1.807) is 18.2 Å². The highest BCUT2D eigenvalue weighted by atomic mass is 19.1. The van der Waals surface area contributed by atoms with Crippen LogP contribution in [0, 0.1) is 22.9 Å².